The third-order valence-electron chi connectivity index (χ3n) is 3.48. The molecule has 0 saturated carbocycles. The van der Waals surface area contributed by atoms with Crippen molar-refractivity contribution in [3.05, 3.63) is 52.8 Å². The number of hydrogen-bond donors (Lipinski definition) is 0. The van der Waals surface area contributed by atoms with Crippen molar-refractivity contribution < 1.29 is 26.9 Å². The second-order valence-electron chi connectivity index (χ2n) is 5.40. The number of hydrogen-bond acceptors (Lipinski definition) is 8. The molecule has 3 aromatic rings. The molecule has 0 aliphatic heterocycles. The number of carbonyl (C=O) groups is 1. The molecule has 0 unspecified atom stereocenters. The number of nitrogens with zero attached hydrogens (tertiary/aromatic N) is 3. The molecule has 2 heterocycles. The van der Waals surface area contributed by atoms with Crippen molar-refractivity contribution in [2.24, 2.45) is 0 Å². The molecule has 0 amide bonds. The molecule has 0 saturated heterocycles. The molecule has 0 atom stereocenters. The normalized spacial score (nSPS) is 11.7. The number of thiophene rings is 1. The van der Waals surface area contributed by atoms with Crippen LogP contribution in [0, 0.1) is 5.82 Å². The largest absolute Gasteiger partial charge is 0.455 e. The zero-order valence-electron chi connectivity index (χ0n) is 14.0. The first-order chi connectivity index (χ1) is 12.9. The molecule has 8 nitrogen and oxygen atoms in total. The number of likely N-dealkylation sites (N-methyl/N-ethyl adjacent to an activating group) is 1. The van der Waals surface area contributed by atoms with E-state index in [2.05, 4.69) is 10.1 Å². The maximum Gasteiger partial charge on any atom is 0.321 e. The summed E-state index contributed by atoms with van der Waals surface area (Å²) in [6.07, 6.45) is 0. The van der Waals surface area contributed by atoms with Gasteiger partial charge in [-0.05, 0) is 35.7 Å². The Labute approximate surface area is 158 Å². The van der Waals surface area contributed by atoms with Crippen molar-refractivity contribution in [1.82, 2.24) is 14.4 Å². The van der Waals surface area contributed by atoms with Crippen molar-refractivity contribution in [1.29, 1.82) is 0 Å². The predicted molar refractivity (Wildman–Crippen MR) is 93.6 cm³/mol. The van der Waals surface area contributed by atoms with E-state index in [4.69, 9.17) is 9.26 Å². The van der Waals surface area contributed by atoms with Crippen molar-refractivity contribution in [2.45, 2.75) is 11.5 Å². The van der Waals surface area contributed by atoms with Gasteiger partial charge >= 0.3 is 5.97 Å². The number of sulfonamides is 1. The van der Waals surface area contributed by atoms with E-state index < -0.39 is 28.4 Å². The lowest BCUT2D eigenvalue weighted by molar-refractivity contribution is -0.145. The highest BCUT2D eigenvalue weighted by Crippen LogP contribution is 2.19. The second kappa shape index (κ2) is 7.94. The molecule has 3 rings (SSSR count). The van der Waals surface area contributed by atoms with Crippen molar-refractivity contribution in [2.75, 3.05) is 13.6 Å². The van der Waals surface area contributed by atoms with Crippen LogP contribution < -0.4 is 0 Å². The second-order valence-corrected chi connectivity index (χ2v) is 8.22. The van der Waals surface area contributed by atoms with Crippen LogP contribution in [0.25, 0.3) is 11.4 Å². The van der Waals surface area contributed by atoms with E-state index >= 15 is 0 Å². The summed E-state index contributed by atoms with van der Waals surface area (Å²) in [4.78, 5) is 15.9. The van der Waals surface area contributed by atoms with Crippen LogP contribution in [0.3, 0.4) is 0 Å². The highest BCUT2D eigenvalue weighted by Gasteiger charge is 2.24. The van der Waals surface area contributed by atoms with Crippen LogP contribution >= 0.6 is 11.3 Å². The number of carbonyl (C=O) groups excluding carboxylic acids is 1. The number of halogens is 1. The number of benzene rings is 1. The van der Waals surface area contributed by atoms with E-state index in [1.165, 1.54) is 18.4 Å². The summed E-state index contributed by atoms with van der Waals surface area (Å²) >= 11 is 1.48. The van der Waals surface area contributed by atoms with Crippen LogP contribution in [0.4, 0.5) is 4.39 Å². The topological polar surface area (TPSA) is 103 Å². The first-order valence-electron chi connectivity index (χ1n) is 7.59. The van der Waals surface area contributed by atoms with Crippen LogP contribution in [0.5, 0.6) is 0 Å². The number of esters is 1. The average Bonchev–Trinajstić information content (AvgIpc) is 3.31. The summed E-state index contributed by atoms with van der Waals surface area (Å²) < 4.78 is 48.4. The van der Waals surface area contributed by atoms with Crippen molar-refractivity contribution in [3.8, 4) is 11.4 Å². The van der Waals surface area contributed by atoms with Gasteiger partial charge in [0.2, 0.25) is 15.8 Å². The minimum absolute atomic E-state index is 0.0913. The fourth-order valence-electron chi connectivity index (χ4n) is 2.06. The summed E-state index contributed by atoms with van der Waals surface area (Å²) in [5.74, 6) is -0.886. The summed E-state index contributed by atoms with van der Waals surface area (Å²) in [6.45, 7) is -0.800. The standard InChI is InChI=1S/C16H14FN3O5S2/c1-20(27(22,23)13-4-2-12(17)3-5-13)8-15(21)24-9-14-18-16(19-25-14)11-6-7-26-10-11/h2-7,10H,8-9H2,1H3. The van der Waals surface area contributed by atoms with Gasteiger partial charge in [-0.2, -0.15) is 20.6 Å². The molecular weight excluding hydrogens is 397 g/mol. The number of ether oxygens (including phenoxy) is 1. The fourth-order valence-corrected chi connectivity index (χ4v) is 3.81. The van der Waals surface area contributed by atoms with Gasteiger partial charge in [-0.1, -0.05) is 5.16 Å². The summed E-state index contributed by atoms with van der Waals surface area (Å²) in [7, 11) is -2.72. The van der Waals surface area contributed by atoms with Crippen molar-refractivity contribution >= 4 is 27.3 Å². The average molecular weight is 411 g/mol. The predicted octanol–water partition coefficient (Wildman–Crippen LogP) is 2.30. The molecule has 1 aromatic carbocycles. The van der Waals surface area contributed by atoms with Crippen LogP contribution in [-0.2, 0) is 26.2 Å². The minimum Gasteiger partial charge on any atom is -0.455 e. The fraction of sp³-hybridized carbons (Fsp3) is 0.188. The molecule has 0 radical (unpaired) electrons. The number of aromatic nitrogens is 2. The summed E-state index contributed by atoms with van der Waals surface area (Å²) in [5.41, 5.74) is 0.784. The molecule has 0 aliphatic rings. The Bertz CT molecular complexity index is 1020. The van der Waals surface area contributed by atoms with Crippen LogP contribution in [0.2, 0.25) is 0 Å². The third-order valence-corrected chi connectivity index (χ3v) is 5.98. The van der Waals surface area contributed by atoms with E-state index in [0.29, 0.717) is 5.82 Å². The Hall–Kier alpha value is -2.63. The van der Waals surface area contributed by atoms with Crippen LogP contribution in [0.15, 0.2) is 50.5 Å². The number of rotatable bonds is 7. The Balaban J connectivity index is 1.56. The molecule has 0 fully saturated rings. The monoisotopic (exact) mass is 411 g/mol. The zero-order chi connectivity index (χ0) is 19.4. The molecule has 142 valence electrons. The molecule has 0 bridgehead atoms. The maximum absolute atomic E-state index is 12.9. The van der Waals surface area contributed by atoms with E-state index in [-0.39, 0.29) is 17.4 Å². The first kappa shape index (κ1) is 19.1. The van der Waals surface area contributed by atoms with E-state index in [1.54, 1.807) is 0 Å². The molecule has 11 heteroatoms. The van der Waals surface area contributed by atoms with Gasteiger partial charge in [0.1, 0.15) is 12.4 Å². The van der Waals surface area contributed by atoms with Gasteiger partial charge in [-0.3, -0.25) is 4.79 Å². The Kier molecular flexibility index (Phi) is 5.63. The maximum atomic E-state index is 12.9. The highest BCUT2D eigenvalue weighted by molar-refractivity contribution is 7.89. The Morgan fingerprint density at radius 2 is 2.04 bits per heavy atom. The van der Waals surface area contributed by atoms with Crippen LogP contribution in [0.1, 0.15) is 5.89 Å². The SMILES string of the molecule is CN(CC(=O)OCc1nc(-c2ccsc2)no1)S(=O)(=O)c1ccc(F)cc1. The smallest absolute Gasteiger partial charge is 0.321 e. The Morgan fingerprint density at radius 1 is 1.30 bits per heavy atom. The van der Waals surface area contributed by atoms with Crippen LogP contribution in [-0.4, -0.2) is 42.4 Å². The quantitative estimate of drug-likeness (QED) is 0.550. The molecule has 0 spiro atoms. The Morgan fingerprint density at radius 3 is 2.70 bits per heavy atom. The first-order valence-corrected chi connectivity index (χ1v) is 9.97. The highest BCUT2D eigenvalue weighted by atomic mass is 32.2. The lowest BCUT2D eigenvalue weighted by atomic mass is 10.3. The van der Waals surface area contributed by atoms with Gasteiger partial charge in [0.05, 0.1) is 4.90 Å². The van der Waals surface area contributed by atoms with Gasteiger partial charge in [-0.25, -0.2) is 12.8 Å². The lowest BCUT2D eigenvalue weighted by Gasteiger charge is -2.16. The molecule has 2 aromatic heterocycles. The molecular formula is C16H14FN3O5S2. The molecule has 0 aliphatic carbocycles. The van der Waals surface area contributed by atoms with Gasteiger partial charge in [0.15, 0.2) is 6.61 Å². The lowest BCUT2D eigenvalue weighted by Crippen LogP contribution is -2.33. The van der Waals surface area contributed by atoms with Crippen molar-refractivity contribution in [3.63, 3.8) is 0 Å². The zero-order valence-corrected chi connectivity index (χ0v) is 15.7. The van der Waals surface area contributed by atoms with E-state index in [9.17, 15) is 17.6 Å². The van der Waals surface area contributed by atoms with E-state index in [0.717, 1.165) is 34.1 Å². The summed E-state index contributed by atoms with van der Waals surface area (Å²) in [6, 6.07) is 6.12. The summed E-state index contributed by atoms with van der Waals surface area (Å²) in [5, 5.41) is 7.48. The minimum atomic E-state index is -3.94. The molecule has 0 N–H and O–H groups in total. The van der Waals surface area contributed by atoms with Gasteiger partial charge < -0.3 is 9.26 Å². The van der Waals surface area contributed by atoms with Gasteiger partial charge in [-0.15, -0.1) is 0 Å². The third kappa shape index (κ3) is 4.56. The van der Waals surface area contributed by atoms with Gasteiger partial charge in [0.25, 0.3) is 5.89 Å². The van der Waals surface area contributed by atoms with Gasteiger partial charge in [0, 0.05) is 18.0 Å². The van der Waals surface area contributed by atoms with E-state index in [1.807, 2.05) is 16.8 Å². The molecule has 27 heavy (non-hydrogen) atoms.